The van der Waals surface area contributed by atoms with Gasteiger partial charge in [0.15, 0.2) is 5.75 Å². The van der Waals surface area contributed by atoms with Crippen LogP contribution in [0.3, 0.4) is 0 Å². The van der Waals surface area contributed by atoms with Crippen LogP contribution in [0.25, 0.3) is 0 Å². The van der Waals surface area contributed by atoms with Gasteiger partial charge in [0.2, 0.25) is 5.43 Å². The van der Waals surface area contributed by atoms with E-state index < -0.39 is 0 Å². The van der Waals surface area contributed by atoms with Gasteiger partial charge in [-0.05, 0) is 49.9 Å². The summed E-state index contributed by atoms with van der Waals surface area (Å²) in [6.45, 7) is 0. The van der Waals surface area contributed by atoms with Crippen LogP contribution in [0, 0.1) is 0 Å². The first-order valence-electron chi connectivity index (χ1n) is 5.26. The molecule has 3 nitrogen and oxygen atoms in total. The highest BCUT2D eigenvalue weighted by Gasteiger charge is 2.16. The fraction of sp³-hybridized carbons (Fsp3) is 0.417. The van der Waals surface area contributed by atoms with Crippen molar-refractivity contribution in [1.82, 2.24) is 0 Å². The van der Waals surface area contributed by atoms with Gasteiger partial charge in [0.1, 0.15) is 5.75 Å². The highest BCUT2D eigenvalue weighted by atomic mass is 16.5. The van der Waals surface area contributed by atoms with E-state index in [1.54, 1.807) is 12.1 Å². The van der Waals surface area contributed by atoms with Crippen molar-refractivity contribution in [1.29, 1.82) is 0 Å². The molecule has 0 aliphatic heterocycles. The highest BCUT2D eigenvalue weighted by Crippen LogP contribution is 2.23. The Hall–Kier alpha value is -1.51. The van der Waals surface area contributed by atoms with Crippen LogP contribution in [0.1, 0.15) is 25.7 Å². The van der Waals surface area contributed by atoms with E-state index in [9.17, 15) is 9.90 Å². The van der Waals surface area contributed by atoms with Gasteiger partial charge < -0.3 is 9.84 Å². The molecule has 1 aliphatic carbocycles. The molecule has 2 rings (SSSR count). The zero-order chi connectivity index (χ0) is 10.7. The van der Waals surface area contributed by atoms with E-state index in [4.69, 9.17) is 4.74 Å². The van der Waals surface area contributed by atoms with E-state index in [-0.39, 0.29) is 17.3 Å². The molecular weight excluding hydrogens is 192 g/mol. The minimum atomic E-state index is -0.378. The third-order valence-electron chi connectivity index (χ3n) is 2.66. The van der Waals surface area contributed by atoms with Gasteiger partial charge in [0.25, 0.3) is 0 Å². The minimum Gasteiger partial charge on any atom is -0.504 e. The average Bonchev–Trinajstić information content (AvgIpc) is 2.68. The summed E-state index contributed by atoms with van der Waals surface area (Å²) in [5.41, 5.74) is -0.378. The molecule has 1 N–H and O–H groups in total. The maximum absolute atomic E-state index is 11.1. The molecule has 0 saturated heterocycles. The number of rotatable bonds is 2. The first-order valence-corrected chi connectivity index (χ1v) is 5.26. The summed E-state index contributed by atoms with van der Waals surface area (Å²) in [5.74, 6) is 0.413. The van der Waals surface area contributed by atoms with Crippen LogP contribution in [0.2, 0.25) is 0 Å². The fourth-order valence-electron chi connectivity index (χ4n) is 1.82. The van der Waals surface area contributed by atoms with Gasteiger partial charge in [-0.1, -0.05) is 0 Å². The van der Waals surface area contributed by atoms with Crippen LogP contribution in [0.15, 0.2) is 29.1 Å². The third kappa shape index (κ3) is 2.49. The molecule has 0 radical (unpaired) electrons. The van der Waals surface area contributed by atoms with Gasteiger partial charge in [-0.25, -0.2) is 0 Å². The van der Waals surface area contributed by atoms with Crippen molar-refractivity contribution < 1.29 is 9.84 Å². The van der Waals surface area contributed by atoms with E-state index >= 15 is 0 Å². The minimum absolute atomic E-state index is 0.240. The van der Waals surface area contributed by atoms with Crippen molar-refractivity contribution in [3.63, 3.8) is 0 Å². The average molecular weight is 206 g/mol. The van der Waals surface area contributed by atoms with Crippen LogP contribution < -0.4 is 10.2 Å². The van der Waals surface area contributed by atoms with Crippen LogP contribution in [0.5, 0.6) is 11.5 Å². The lowest BCUT2D eigenvalue weighted by molar-refractivity contribution is 0.210. The Morgan fingerprint density at radius 1 is 1.13 bits per heavy atom. The van der Waals surface area contributed by atoms with Crippen molar-refractivity contribution in [3.8, 4) is 11.5 Å². The summed E-state index contributed by atoms with van der Waals surface area (Å²) in [6, 6.07) is 5.96. The first kappa shape index (κ1) is 10.0. The maximum Gasteiger partial charge on any atom is 0.220 e. The molecule has 1 aromatic carbocycles. The zero-order valence-corrected chi connectivity index (χ0v) is 8.48. The summed E-state index contributed by atoms with van der Waals surface area (Å²) >= 11 is 0. The Bertz CT molecular complexity index is 394. The Morgan fingerprint density at radius 3 is 2.53 bits per heavy atom. The molecule has 0 aromatic heterocycles. The molecule has 0 spiro atoms. The van der Waals surface area contributed by atoms with E-state index in [1.807, 2.05) is 0 Å². The van der Waals surface area contributed by atoms with E-state index in [2.05, 4.69) is 0 Å². The van der Waals surface area contributed by atoms with E-state index in [0.29, 0.717) is 5.75 Å². The first-order chi connectivity index (χ1) is 7.25. The molecule has 0 amide bonds. The van der Waals surface area contributed by atoms with Crippen molar-refractivity contribution in [2.24, 2.45) is 0 Å². The number of hydrogen-bond acceptors (Lipinski definition) is 3. The fourth-order valence-corrected chi connectivity index (χ4v) is 1.82. The summed E-state index contributed by atoms with van der Waals surface area (Å²) in [5, 5.41) is 9.20. The molecule has 0 unspecified atom stereocenters. The second kappa shape index (κ2) is 4.34. The largest absolute Gasteiger partial charge is 0.504 e. The maximum atomic E-state index is 11.1. The van der Waals surface area contributed by atoms with Gasteiger partial charge in [0.05, 0.1) is 6.10 Å². The summed E-state index contributed by atoms with van der Waals surface area (Å²) in [7, 11) is 0. The normalized spacial score (nSPS) is 16.5. The Labute approximate surface area is 88.3 Å². The van der Waals surface area contributed by atoms with Crippen LogP contribution in [-0.4, -0.2) is 11.2 Å². The zero-order valence-electron chi connectivity index (χ0n) is 8.48. The van der Waals surface area contributed by atoms with E-state index in [1.165, 1.54) is 25.0 Å². The van der Waals surface area contributed by atoms with Crippen LogP contribution in [0.4, 0.5) is 0 Å². The van der Waals surface area contributed by atoms with Gasteiger partial charge in [-0.3, -0.25) is 4.79 Å². The Balaban J connectivity index is 2.15. The summed E-state index contributed by atoms with van der Waals surface area (Å²) in [6.07, 6.45) is 4.84. The summed E-state index contributed by atoms with van der Waals surface area (Å²) < 4.78 is 5.70. The Kier molecular flexibility index (Phi) is 2.90. The second-order valence-corrected chi connectivity index (χ2v) is 3.84. The van der Waals surface area contributed by atoms with Gasteiger partial charge in [0, 0.05) is 0 Å². The molecule has 1 saturated carbocycles. The number of ether oxygens (including phenoxy) is 1. The lowest BCUT2D eigenvalue weighted by Gasteiger charge is -2.11. The van der Waals surface area contributed by atoms with E-state index in [0.717, 1.165) is 12.8 Å². The molecular formula is C12H14O3. The summed E-state index contributed by atoms with van der Waals surface area (Å²) in [4.78, 5) is 11.1. The van der Waals surface area contributed by atoms with Gasteiger partial charge in [-0.2, -0.15) is 0 Å². The number of aromatic hydroxyl groups is 1. The standard InChI is InChI=1S/C12H14O3/c13-11-7-5-10(6-8-12(11)14)15-9-3-1-2-4-9/h5-9H,1-4H2,(H,13,14). The van der Waals surface area contributed by atoms with Gasteiger partial charge in [-0.15, -0.1) is 0 Å². The van der Waals surface area contributed by atoms with Crippen LogP contribution >= 0.6 is 0 Å². The highest BCUT2D eigenvalue weighted by molar-refractivity contribution is 5.27. The third-order valence-corrected chi connectivity index (χ3v) is 2.66. The predicted molar refractivity (Wildman–Crippen MR) is 57.3 cm³/mol. The monoisotopic (exact) mass is 206 g/mol. The van der Waals surface area contributed by atoms with Crippen molar-refractivity contribution in [2.45, 2.75) is 31.8 Å². The Morgan fingerprint density at radius 2 is 1.80 bits per heavy atom. The van der Waals surface area contributed by atoms with Gasteiger partial charge >= 0.3 is 0 Å². The topological polar surface area (TPSA) is 46.5 Å². The quantitative estimate of drug-likeness (QED) is 0.805. The van der Waals surface area contributed by atoms with Crippen molar-refractivity contribution in [2.75, 3.05) is 0 Å². The molecule has 1 fully saturated rings. The van der Waals surface area contributed by atoms with Crippen molar-refractivity contribution >= 4 is 0 Å². The molecule has 0 heterocycles. The molecule has 1 aliphatic rings. The SMILES string of the molecule is O=c1ccc(OC2CCCC2)ccc1O. The lowest BCUT2D eigenvalue weighted by atomic mass is 10.3. The molecule has 1 aromatic rings. The van der Waals surface area contributed by atoms with Crippen molar-refractivity contribution in [3.05, 3.63) is 34.5 Å². The molecule has 15 heavy (non-hydrogen) atoms. The lowest BCUT2D eigenvalue weighted by Crippen LogP contribution is -2.10. The smallest absolute Gasteiger partial charge is 0.220 e. The number of hydrogen-bond donors (Lipinski definition) is 1. The molecule has 0 atom stereocenters. The second-order valence-electron chi connectivity index (χ2n) is 3.84. The molecule has 80 valence electrons. The van der Waals surface area contributed by atoms with Crippen LogP contribution in [-0.2, 0) is 0 Å². The molecule has 3 heteroatoms. The molecule has 0 bridgehead atoms. The predicted octanol–water partition coefficient (Wildman–Crippen LogP) is 2.07.